The predicted molar refractivity (Wildman–Crippen MR) is 144 cm³/mol. The maximum absolute atomic E-state index is 12.9. The van der Waals surface area contributed by atoms with Crippen molar-refractivity contribution < 1.29 is 58.1 Å². The molecule has 41 heavy (non-hydrogen) atoms. The van der Waals surface area contributed by atoms with Crippen LogP contribution >= 0.6 is 11.6 Å². The van der Waals surface area contributed by atoms with E-state index in [1.807, 2.05) is 0 Å². The van der Waals surface area contributed by atoms with E-state index in [9.17, 15) is 24.9 Å². The third kappa shape index (κ3) is 8.68. The maximum Gasteiger partial charge on any atom is 0.344 e. The minimum absolute atomic E-state index is 0.0300. The molecule has 2 aromatic rings. The smallest absolute Gasteiger partial charge is 0.344 e. The van der Waals surface area contributed by atoms with Gasteiger partial charge in [-0.15, -0.1) is 0 Å². The van der Waals surface area contributed by atoms with Crippen LogP contribution in [0.3, 0.4) is 0 Å². The van der Waals surface area contributed by atoms with E-state index >= 15 is 0 Å². The maximum atomic E-state index is 12.9. The molecule has 1 fully saturated rings. The van der Waals surface area contributed by atoms with Crippen LogP contribution in [-0.4, -0.2) is 91.0 Å². The fraction of sp³-hybridized carbons (Fsp3) is 0.500. The number of ether oxygens (including phenoxy) is 7. The Balaban J connectivity index is 1.68. The van der Waals surface area contributed by atoms with Crippen LogP contribution in [0.1, 0.15) is 36.7 Å². The van der Waals surface area contributed by atoms with Crippen LogP contribution in [0.5, 0.6) is 17.2 Å². The number of rotatable bonds is 11. The average molecular weight is 599 g/mol. The van der Waals surface area contributed by atoms with Crippen LogP contribution in [0.4, 0.5) is 0 Å². The van der Waals surface area contributed by atoms with E-state index in [-0.39, 0.29) is 35.3 Å². The third-order valence-corrected chi connectivity index (χ3v) is 6.10. The molecule has 1 aliphatic rings. The molecule has 2 aromatic carbocycles. The second kappa shape index (κ2) is 14.2. The zero-order valence-corrected chi connectivity index (χ0v) is 24.1. The Hall–Kier alpha value is -3.13. The highest BCUT2D eigenvalue weighted by Gasteiger charge is 2.47. The van der Waals surface area contributed by atoms with Crippen molar-refractivity contribution in [2.24, 2.45) is 0 Å². The van der Waals surface area contributed by atoms with Gasteiger partial charge in [-0.25, -0.2) is 9.59 Å². The number of aliphatic hydroxyl groups excluding tert-OH is 3. The molecular formula is C28H35ClO12. The molecule has 0 unspecified atom stereocenters. The molecule has 0 aliphatic carbocycles. The number of carbonyl (C=O) groups is 2. The lowest BCUT2D eigenvalue weighted by Crippen LogP contribution is -2.60. The molecule has 3 N–H and O–H groups in total. The van der Waals surface area contributed by atoms with Gasteiger partial charge in [0.2, 0.25) is 0 Å². The molecule has 1 saturated heterocycles. The van der Waals surface area contributed by atoms with Gasteiger partial charge in [0.15, 0.2) is 30.5 Å². The van der Waals surface area contributed by atoms with E-state index in [4.69, 9.17) is 44.8 Å². The van der Waals surface area contributed by atoms with E-state index in [1.165, 1.54) is 26.4 Å². The molecule has 3 rings (SSSR count). The van der Waals surface area contributed by atoms with Crippen LogP contribution in [0.2, 0.25) is 5.02 Å². The first-order valence-electron chi connectivity index (χ1n) is 12.7. The largest absolute Gasteiger partial charge is 0.493 e. The lowest BCUT2D eigenvalue weighted by Gasteiger charge is -2.40. The lowest BCUT2D eigenvalue weighted by atomic mass is 9.99. The molecule has 226 valence electrons. The minimum atomic E-state index is -1.58. The Morgan fingerprint density at radius 2 is 1.78 bits per heavy atom. The zero-order chi connectivity index (χ0) is 30.3. The van der Waals surface area contributed by atoms with Crippen LogP contribution in [0, 0.1) is 0 Å². The number of hydrogen-bond donors (Lipinski definition) is 3. The van der Waals surface area contributed by atoms with Gasteiger partial charge in [0.05, 0.1) is 24.3 Å². The standard InChI is InChI=1S/C28H35ClO12/c1-28(2,3)41-21(31)14-37-17-8-6-7-15(9-17)13-38-24-18(29)10-16(11-19(24)35-4)26(34)40-25-23(33)22(32)20(12-30)39-27(25)36-5/h6-11,20,22-23,25,27,30,32-33H,12-14H2,1-5H3/t20-,22-,23+,25-,27+/m1/s1. The fourth-order valence-electron chi connectivity index (χ4n) is 3.93. The SMILES string of the molecule is COc1cc(C(=O)O[C@H]2[C@@H](OC)O[C@H](CO)[C@@H](O)[C@@H]2O)cc(Cl)c1OCc1cccc(OCC(=O)OC(C)(C)C)c1. The van der Waals surface area contributed by atoms with E-state index in [0.717, 1.165) is 0 Å². The van der Waals surface area contributed by atoms with Crippen molar-refractivity contribution in [3.63, 3.8) is 0 Å². The summed E-state index contributed by atoms with van der Waals surface area (Å²) in [5.41, 5.74) is 0.0490. The number of halogens is 1. The van der Waals surface area contributed by atoms with Gasteiger partial charge in [0, 0.05) is 7.11 Å². The number of benzene rings is 2. The summed E-state index contributed by atoms with van der Waals surface area (Å²) in [4.78, 5) is 24.9. The summed E-state index contributed by atoms with van der Waals surface area (Å²) in [5.74, 6) is -0.681. The minimum Gasteiger partial charge on any atom is -0.493 e. The zero-order valence-electron chi connectivity index (χ0n) is 23.4. The first-order valence-corrected chi connectivity index (χ1v) is 13.0. The molecule has 13 heteroatoms. The molecule has 0 amide bonds. The summed E-state index contributed by atoms with van der Waals surface area (Å²) in [6.45, 7) is 4.52. The van der Waals surface area contributed by atoms with Gasteiger partial charge < -0.3 is 48.5 Å². The van der Waals surface area contributed by atoms with Gasteiger partial charge in [0.25, 0.3) is 0 Å². The van der Waals surface area contributed by atoms with Crippen molar-refractivity contribution in [2.75, 3.05) is 27.4 Å². The van der Waals surface area contributed by atoms with Gasteiger partial charge in [-0.2, -0.15) is 0 Å². The van der Waals surface area contributed by atoms with Crippen molar-refractivity contribution in [3.05, 3.63) is 52.5 Å². The molecular weight excluding hydrogens is 564 g/mol. The highest BCUT2D eigenvalue weighted by atomic mass is 35.5. The highest BCUT2D eigenvalue weighted by molar-refractivity contribution is 6.32. The predicted octanol–water partition coefficient (Wildman–Crippen LogP) is 2.26. The number of esters is 2. The van der Waals surface area contributed by atoms with Gasteiger partial charge in [0.1, 0.15) is 36.3 Å². The van der Waals surface area contributed by atoms with Gasteiger partial charge >= 0.3 is 11.9 Å². The molecule has 0 spiro atoms. The molecule has 1 heterocycles. The molecule has 1 aliphatic heterocycles. The van der Waals surface area contributed by atoms with Crippen molar-refractivity contribution in [3.8, 4) is 17.2 Å². The van der Waals surface area contributed by atoms with Crippen molar-refractivity contribution in [2.45, 2.75) is 63.7 Å². The van der Waals surface area contributed by atoms with Crippen molar-refractivity contribution in [1.29, 1.82) is 0 Å². The number of hydrogen-bond acceptors (Lipinski definition) is 12. The Morgan fingerprint density at radius 1 is 1.05 bits per heavy atom. The Bertz CT molecular complexity index is 1200. The highest BCUT2D eigenvalue weighted by Crippen LogP contribution is 2.38. The fourth-order valence-corrected chi connectivity index (χ4v) is 4.20. The molecule has 0 bridgehead atoms. The summed E-state index contributed by atoms with van der Waals surface area (Å²) in [6.07, 6.45) is -6.85. The summed E-state index contributed by atoms with van der Waals surface area (Å²) in [7, 11) is 2.63. The molecule has 12 nitrogen and oxygen atoms in total. The van der Waals surface area contributed by atoms with E-state index < -0.39 is 54.9 Å². The molecule has 5 atom stereocenters. The van der Waals surface area contributed by atoms with Crippen LogP contribution < -0.4 is 14.2 Å². The summed E-state index contributed by atoms with van der Waals surface area (Å²) < 4.78 is 37.9. The third-order valence-electron chi connectivity index (χ3n) is 5.82. The number of carbonyl (C=O) groups excluding carboxylic acids is 2. The Labute approximate surface area is 242 Å². The summed E-state index contributed by atoms with van der Waals surface area (Å²) in [6, 6.07) is 9.54. The van der Waals surface area contributed by atoms with E-state index in [0.29, 0.717) is 11.3 Å². The lowest BCUT2D eigenvalue weighted by molar-refractivity contribution is -0.293. The van der Waals surface area contributed by atoms with Crippen molar-refractivity contribution >= 4 is 23.5 Å². The van der Waals surface area contributed by atoms with E-state index in [1.54, 1.807) is 45.0 Å². The van der Waals surface area contributed by atoms with Gasteiger partial charge in [-0.3, -0.25) is 0 Å². The molecule has 0 radical (unpaired) electrons. The van der Waals surface area contributed by atoms with Gasteiger partial charge in [-0.05, 0) is 50.6 Å². The second-order valence-corrected chi connectivity index (χ2v) is 10.5. The second-order valence-electron chi connectivity index (χ2n) is 10.1. The van der Waals surface area contributed by atoms with Gasteiger partial charge in [-0.1, -0.05) is 23.7 Å². The van der Waals surface area contributed by atoms with Crippen LogP contribution in [-0.2, 0) is 30.3 Å². The molecule has 0 aromatic heterocycles. The van der Waals surface area contributed by atoms with Crippen LogP contribution in [0.25, 0.3) is 0 Å². The molecule has 0 saturated carbocycles. The first-order chi connectivity index (χ1) is 19.4. The summed E-state index contributed by atoms with van der Waals surface area (Å²) >= 11 is 6.43. The number of aliphatic hydroxyl groups is 3. The Morgan fingerprint density at radius 3 is 2.41 bits per heavy atom. The van der Waals surface area contributed by atoms with Crippen molar-refractivity contribution in [1.82, 2.24) is 0 Å². The number of methoxy groups -OCH3 is 2. The Kier molecular flexibility index (Phi) is 11.2. The summed E-state index contributed by atoms with van der Waals surface area (Å²) in [5, 5.41) is 30.0. The topological polar surface area (TPSA) is 159 Å². The monoisotopic (exact) mass is 598 g/mol. The normalized spacial score (nSPS) is 22.5. The average Bonchev–Trinajstić information content (AvgIpc) is 2.92. The quantitative estimate of drug-likeness (QED) is 0.324. The first kappa shape index (κ1) is 32.4. The van der Waals surface area contributed by atoms with E-state index in [2.05, 4.69) is 0 Å². The van der Waals surface area contributed by atoms with Crippen LogP contribution in [0.15, 0.2) is 36.4 Å².